The molecule has 0 aromatic heterocycles. The first-order valence-corrected chi connectivity index (χ1v) is 5.21. The zero-order valence-corrected chi connectivity index (χ0v) is 8.99. The standard InChI is InChI=1S/C10H20O4/c1-3-5-7-13-14-10(12)8-9(11)6-4-2/h9,11H,3-8H2,1-2H3. The van der Waals surface area contributed by atoms with Gasteiger partial charge in [-0.15, -0.1) is 0 Å². The molecule has 0 rings (SSSR count). The Labute approximate surface area is 85.1 Å². The Hall–Kier alpha value is -0.610. The third-order valence-electron chi connectivity index (χ3n) is 1.76. The molecule has 4 nitrogen and oxygen atoms in total. The summed E-state index contributed by atoms with van der Waals surface area (Å²) in [6, 6.07) is 0. The fourth-order valence-corrected chi connectivity index (χ4v) is 0.972. The van der Waals surface area contributed by atoms with Gasteiger partial charge in [0.25, 0.3) is 0 Å². The highest BCUT2D eigenvalue weighted by Crippen LogP contribution is 2.02. The molecule has 0 spiro atoms. The van der Waals surface area contributed by atoms with Crippen LogP contribution in [0.1, 0.15) is 46.0 Å². The predicted molar refractivity (Wildman–Crippen MR) is 52.5 cm³/mol. The quantitative estimate of drug-likeness (QED) is 0.372. The summed E-state index contributed by atoms with van der Waals surface area (Å²) < 4.78 is 0. The van der Waals surface area contributed by atoms with Gasteiger partial charge in [0.05, 0.1) is 19.1 Å². The van der Waals surface area contributed by atoms with Crippen molar-refractivity contribution in [3.8, 4) is 0 Å². The van der Waals surface area contributed by atoms with Crippen LogP contribution in [0.5, 0.6) is 0 Å². The minimum Gasteiger partial charge on any atom is -0.393 e. The summed E-state index contributed by atoms with van der Waals surface area (Å²) in [5.41, 5.74) is 0. The highest BCUT2D eigenvalue weighted by Gasteiger charge is 2.11. The van der Waals surface area contributed by atoms with E-state index in [1.807, 2.05) is 13.8 Å². The van der Waals surface area contributed by atoms with Gasteiger partial charge in [-0.2, -0.15) is 4.89 Å². The van der Waals surface area contributed by atoms with Crippen LogP contribution in [0.2, 0.25) is 0 Å². The van der Waals surface area contributed by atoms with Crippen LogP contribution in [-0.4, -0.2) is 23.8 Å². The molecule has 4 heteroatoms. The van der Waals surface area contributed by atoms with Gasteiger partial charge in [0, 0.05) is 0 Å². The Balaban J connectivity index is 3.35. The van der Waals surface area contributed by atoms with Gasteiger partial charge in [-0.25, -0.2) is 4.79 Å². The zero-order valence-electron chi connectivity index (χ0n) is 8.99. The number of aliphatic hydroxyl groups is 1. The molecule has 0 radical (unpaired) electrons. The van der Waals surface area contributed by atoms with Crippen molar-refractivity contribution in [2.24, 2.45) is 0 Å². The summed E-state index contributed by atoms with van der Waals surface area (Å²) in [5, 5.41) is 9.27. The zero-order chi connectivity index (χ0) is 10.8. The fourth-order valence-electron chi connectivity index (χ4n) is 0.972. The van der Waals surface area contributed by atoms with Gasteiger partial charge >= 0.3 is 5.97 Å². The van der Waals surface area contributed by atoms with Gasteiger partial charge < -0.3 is 5.11 Å². The molecule has 0 fully saturated rings. The Morgan fingerprint density at radius 1 is 1.36 bits per heavy atom. The van der Waals surface area contributed by atoms with Crippen LogP contribution in [-0.2, 0) is 14.6 Å². The molecule has 0 bridgehead atoms. The summed E-state index contributed by atoms with van der Waals surface area (Å²) in [4.78, 5) is 20.1. The molecule has 1 N–H and O–H groups in total. The first-order valence-electron chi connectivity index (χ1n) is 5.21. The molecule has 84 valence electrons. The predicted octanol–water partition coefficient (Wildman–Crippen LogP) is 1.81. The lowest BCUT2D eigenvalue weighted by Gasteiger charge is -2.07. The lowest BCUT2D eigenvalue weighted by molar-refractivity contribution is -0.273. The Morgan fingerprint density at radius 3 is 2.64 bits per heavy atom. The topological polar surface area (TPSA) is 55.8 Å². The van der Waals surface area contributed by atoms with Crippen molar-refractivity contribution < 1.29 is 19.7 Å². The number of unbranched alkanes of at least 4 members (excludes halogenated alkanes) is 1. The van der Waals surface area contributed by atoms with Crippen molar-refractivity contribution >= 4 is 5.97 Å². The molecule has 0 saturated heterocycles. The SMILES string of the molecule is CCCCOOC(=O)CC(O)CCC. The van der Waals surface area contributed by atoms with Crippen LogP contribution in [0.15, 0.2) is 0 Å². The van der Waals surface area contributed by atoms with E-state index in [-0.39, 0.29) is 6.42 Å². The Morgan fingerprint density at radius 2 is 2.07 bits per heavy atom. The highest BCUT2D eigenvalue weighted by atomic mass is 17.2. The van der Waals surface area contributed by atoms with Gasteiger partial charge in [-0.3, -0.25) is 4.89 Å². The highest BCUT2D eigenvalue weighted by molar-refractivity contribution is 5.69. The number of rotatable bonds is 8. The second-order valence-corrected chi connectivity index (χ2v) is 3.28. The van der Waals surface area contributed by atoms with Gasteiger partial charge in [0.2, 0.25) is 0 Å². The largest absolute Gasteiger partial charge is 0.393 e. The third-order valence-corrected chi connectivity index (χ3v) is 1.76. The molecule has 14 heavy (non-hydrogen) atoms. The van der Waals surface area contributed by atoms with E-state index in [2.05, 4.69) is 9.78 Å². The maximum absolute atomic E-state index is 11.0. The van der Waals surface area contributed by atoms with Crippen LogP contribution in [0.4, 0.5) is 0 Å². The lowest BCUT2D eigenvalue weighted by atomic mass is 10.1. The van der Waals surface area contributed by atoms with Gasteiger partial charge in [-0.05, 0) is 12.8 Å². The van der Waals surface area contributed by atoms with Crippen molar-refractivity contribution in [1.29, 1.82) is 0 Å². The first-order chi connectivity index (χ1) is 6.70. The van der Waals surface area contributed by atoms with E-state index in [4.69, 9.17) is 0 Å². The summed E-state index contributed by atoms with van der Waals surface area (Å²) >= 11 is 0. The molecule has 0 aromatic rings. The molecule has 0 aliphatic rings. The molecule has 0 amide bonds. The van der Waals surface area contributed by atoms with E-state index >= 15 is 0 Å². The lowest BCUT2D eigenvalue weighted by Crippen LogP contribution is -2.16. The Kier molecular flexibility index (Phi) is 8.57. The smallest absolute Gasteiger partial charge is 0.344 e. The Bertz CT molecular complexity index is 147. The van der Waals surface area contributed by atoms with Crippen molar-refractivity contribution in [3.63, 3.8) is 0 Å². The molecule has 0 heterocycles. The number of hydrogen-bond donors (Lipinski definition) is 1. The van der Waals surface area contributed by atoms with E-state index in [1.54, 1.807) is 0 Å². The number of carbonyl (C=O) groups is 1. The maximum Gasteiger partial charge on any atom is 0.344 e. The van der Waals surface area contributed by atoms with Crippen molar-refractivity contribution in [1.82, 2.24) is 0 Å². The van der Waals surface area contributed by atoms with E-state index in [0.29, 0.717) is 13.0 Å². The van der Waals surface area contributed by atoms with Crippen LogP contribution in [0.25, 0.3) is 0 Å². The normalized spacial score (nSPS) is 12.5. The number of hydrogen-bond acceptors (Lipinski definition) is 4. The van der Waals surface area contributed by atoms with E-state index in [0.717, 1.165) is 19.3 Å². The van der Waals surface area contributed by atoms with Crippen LogP contribution < -0.4 is 0 Å². The average Bonchev–Trinajstić information content (AvgIpc) is 2.13. The molecule has 1 atom stereocenters. The van der Waals surface area contributed by atoms with Gasteiger partial charge in [-0.1, -0.05) is 26.7 Å². The first kappa shape index (κ1) is 13.4. The minimum atomic E-state index is -0.609. The summed E-state index contributed by atoms with van der Waals surface area (Å²) in [5.74, 6) is -0.498. The van der Waals surface area contributed by atoms with Crippen LogP contribution >= 0.6 is 0 Å². The monoisotopic (exact) mass is 204 g/mol. The molecule has 1 unspecified atom stereocenters. The third kappa shape index (κ3) is 8.01. The second kappa shape index (κ2) is 8.97. The van der Waals surface area contributed by atoms with Gasteiger partial charge in [0.15, 0.2) is 0 Å². The summed E-state index contributed by atoms with van der Waals surface area (Å²) in [6.45, 7) is 4.40. The van der Waals surface area contributed by atoms with Gasteiger partial charge in [0.1, 0.15) is 0 Å². The fraction of sp³-hybridized carbons (Fsp3) is 0.900. The van der Waals surface area contributed by atoms with E-state index < -0.39 is 12.1 Å². The summed E-state index contributed by atoms with van der Waals surface area (Å²) in [7, 11) is 0. The average molecular weight is 204 g/mol. The number of carbonyl (C=O) groups excluding carboxylic acids is 1. The van der Waals surface area contributed by atoms with Crippen molar-refractivity contribution in [3.05, 3.63) is 0 Å². The molecular formula is C10H20O4. The minimum absolute atomic E-state index is 0.0139. The van der Waals surface area contributed by atoms with E-state index in [9.17, 15) is 9.90 Å². The molecule has 0 aromatic carbocycles. The molecule has 0 aliphatic carbocycles. The second-order valence-electron chi connectivity index (χ2n) is 3.28. The van der Waals surface area contributed by atoms with Crippen LogP contribution in [0, 0.1) is 0 Å². The van der Waals surface area contributed by atoms with Crippen molar-refractivity contribution in [2.45, 2.75) is 52.1 Å². The van der Waals surface area contributed by atoms with E-state index in [1.165, 1.54) is 0 Å². The van der Waals surface area contributed by atoms with Crippen LogP contribution in [0.3, 0.4) is 0 Å². The maximum atomic E-state index is 11.0. The molecule has 0 saturated carbocycles. The summed E-state index contributed by atoms with van der Waals surface area (Å²) in [6.07, 6.45) is 2.73. The van der Waals surface area contributed by atoms with Crippen molar-refractivity contribution in [2.75, 3.05) is 6.61 Å². The number of aliphatic hydroxyl groups excluding tert-OH is 1. The molecule has 0 aliphatic heterocycles. The molecular weight excluding hydrogens is 184 g/mol.